The molecule has 0 nitrogen and oxygen atoms in total. The molecular weight excluding hydrogens is 132 g/mol. The van der Waals surface area contributed by atoms with Gasteiger partial charge in [0, 0.05) is 0 Å². The van der Waals surface area contributed by atoms with Crippen molar-refractivity contribution in [3.8, 4) is 0 Å². The Balaban J connectivity index is 4.09. The molecule has 0 aromatic heterocycles. The van der Waals surface area contributed by atoms with Crippen LogP contribution in [0.2, 0.25) is 0 Å². The summed E-state index contributed by atoms with van der Waals surface area (Å²) in [6, 6.07) is 0. The van der Waals surface area contributed by atoms with Gasteiger partial charge >= 0.3 is 0 Å². The highest BCUT2D eigenvalue weighted by atomic mass is 13.8. The van der Waals surface area contributed by atoms with Crippen LogP contribution < -0.4 is 0 Å². The summed E-state index contributed by atoms with van der Waals surface area (Å²) < 4.78 is 0. The topological polar surface area (TPSA) is 0 Å². The smallest absolute Gasteiger partial charge is 0.0303 e. The van der Waals surface area contributed by atoms with Gasteiger partial charge in [0.2, 0.25) is 0 Å². The van der Waals surface area contributed by atoms with E-state index in [0.29, 0.717) is 0 Å². The van der Waals surface area contributed by atoms with E-state index in [1.54, 1.807) is 0 Å². The molecule has 0 rings (SSSR count). The molecule has 0 aliphatic carbocycles. The highest BCUT2D eigenvalue weighted by molar-refractivity contribution is 5.31. The van der Waals surface area contributed by atoms with Crippen LogP contribution in [0.1, 0.15) is 20.8 Å². The van der Waals surface area contributed by atoms with Gasteiger partial charge in [-0.15, -0.1) is 0 Å². The molecule has 0 N–H and O–H groups in total. The van der Waals surface area contributed by atoms with Crippen LogP contribution in [0.5, 0.6) is 0 Å². The van der Waals surface area contributed by atoms with Crippen LogP contribution in [0.25, 0.3) is 0 Å². The third kappa shape index (κ3) is 5.41. The Labute approximate surface area is 69.6 Å². The molecule has 0 amide bonds. The molecule has 0 fully saturated rings. The molecular formula is C11H16. The summed E-state index contributed by atoms with van der Waals surface area (Å²) >= 11 is 0. The van der Waals surface area contributed by atoms with E-state index < -0.39 is 0 Å². The van der Waals surface area contributed by atoms with E-state index in [0.717, 1.165) is 0 Å². The average Bonchev–Trinajstić information content (AvgIpc) is 2.03. The normalized spacial score (nSPS) is 14.3. The van der Waals surface area contributed by atoms with Crippen LogP contribution >= 0.6 is 0 Å². The predicted octanol–water partition coefficient (Wildman–Crippen LogP) is 3.64. The van der Waals surface area contributed by atoms with E-state index >= 15 is 0 Å². The summed E-state index contributed by atoms with van der Waals surface area (Å²) in [5, 5.41) is 0. The fourth-order valence-electron chi connectivity index (χ4n) is 0.718. The summed E-state index contributed by atoms with van der Waals surface area (Å²) in [6.45, 7) is 6.07. The molecule has 0 heteroatoms. The van der Waals surface area contributed by atoms with E-state index in [1.165, 1.54) is 5.57 Å². The molecule has 0 heterocycles. The van der Waals surface area contributed by atoms with E-state index in [-0.39, 0.29) is 0 Å². The molecule has 0 unspecified atom stereocenters. The molecule has 0 aromatic rings. The monoisotopic (exact) mass is 148 g/mol. The highest BCUT2D eigenvalue weighted by Crippen LogP contribution is 1.98. The first-order valence-electron chi connectivity index (χ1n) is 3.93. The van der Waals surface area contributed by atoms with E-state index in [1.807, 2.05) is 45.1 Å². The molecule has 0 atom stereocenters. The van der Waals surface area contributed by atoms with Crippen LogP contribution in [0.4, 0.5) is 0 Å². The number of allylic oxidation sites excluding steroid dienone is 8. The van der Waals surface area contributed by atoms with Crippen molar-refractivity contribution < 1.29 is 0 Å². The summed E-state index contributed by atoms with van der Waals surface area (Å²) in [5.74, 6) is 0. The lowest BCUT2D eigenvalue weighted by Gasteiger charge is -1.87. The first-order valence-corrected chi connectivity index (χ1v) is 3.93. The summed E-state index contributed by atoms with van der Waals surface area (Å²) in [4.78, 5) is 0. The molecule has 0 aliphatic heterocycles. The molecule has 0 saturated carbocycles. The number of hydrogen-bond acceptors (Lipinski definition) is 0. The molecule has 0 aliphatic rings. The highest BCUT2D eigenvalue weighted by Gasteiger charge is 1.77. The zero-order chi connectivity index (χ0) is 8.53. The minimum atomic E-state index is 1.24. The van der Waals surface area contributed by atoms with Crippen molar-refractivity contribution in [1.29, 1.82) is 0 Å². The maximum atomic E-state index is 2.08. The van der Waals surface area contributed by atoms with Crippen LogP contribution in [-0.4, -0.2) is 0 Å². The van der Waals surface area contributed by atoms with Crippen molar-refractivity contribution in [2.24, 2.45) is 0 Å². The fraction of sp³-hybridized carbons (Fsp3) is 0.273. The summed E-state index contributed by atoms with van der Waals surface area (Å²) in [7, 11) is 0. The van der Waals surface area contributed by atoms with Gasteiger partial charge in [-0.2, -0.15) is 0 Å². The molecule has 0 radical (unpaired) electrons. The first kappa shape index (κ1) is 9.96. The van der Waals surface area contributed by atoms with E-state index in [2.05, 4.69) is 18.2 Å². The van der Waals surface area contributed by atoms with Crippen molar-refractivity contribution in [3.63, 3.8) is 0 Å². The zero-order valence-electron chi connectivity index (χ0n) is 7.54. The van der Waals surface area contributed by atoms with E-state index in [4.69, 9.17) is 0 Å². The minimum Gasteiger partial charge on any atom is -0.0877 e. The molecule has 11 heavy (non-hydrogen) atoms. The molecule has 0 bridgehead atoms. The minimum absolute atomic E-state index is 1.24. The fourth-order valence-corrected chi connectivity index (χ4v) is 0.718. The van der Waals surface area contributed by atoms with Gasteiger partial charge in [0.15, 0.2) is 0 Å². The second-order valence-electron chi connectivity index (χ2n) is 2.17. The second-order valence-corrected chi connectivity index (χ2v) is 2.17. The maximum absolute atomic E-state index is 2.08. The Morgan fingerprint density at radius 2 is 1.55 bits per heavy atom. The third-order valence-electron chi connectivity index (χ3n) is 1.28. The lowest BCUT2D eigenvalue weighted by atomic mass is 10.2. The van der Waals surface area contributed by atoms with Gasteiger partial charge in [0.05, 0.1) is 0 Å². The lowest BCUT2D eigenvalue weighted by molar-refractivity contribution is 1.57. The van der Waals surface area contributed by atoms with Gasteiger partial charge in [-0.3, -0.25) is 0 Å². The van der Waals surface area contributed by atoms with Crippen molar-refractivity contribution in [2.45, 2.75) is 20.8 Å². The second kappa shape index (κ2) is 7.07. The largest absolute Gasteiger partial charge is 0.0877 e. The summed E-state index contributed by atoms with van der Waals surface area (Å²) in [6.07, 6.45) is 14.4. The zero-order valence-corrected chi connectivity index (χ0v) is 7.54. The van der Waals surface area contributed by atoms with Crippen molar-refractivity contribution in [2.75, 3.05) is 0 Å². The SMILES string of the molecule is C/C=C(\C=C/C=C/C)/C=C/C. The lowest BCUT2D eigenvalue weighted by Crippen LogP contribution is -1.67. The van der Waals surface area contributed by atoms with Crippen LogP contribution in [0.3, 0.4) is 0 Å². The van der Waals surface area contributed by atoms with Gasteiger partial charge in [-0.25, -0.2) is 0 Å². The number of rotatable bonds is 3. The quantitative estimate of drug-likeness (QED) is 0.536. The molecule has 0 aromatic carbocycles. The predicted molar refractivity (Wildman–Crippen MR) is 52.5 cm³/mol. The van der Waals surface area contributed by atoms with Gasteiger partial charge in [0.25, 0.3) is 0 Å². The van der Waals surface area contributed by atoms with Crippen LogP contribution in [-0.2, 0) is 0 Å². The van der Waals surface area contributed by atoms with Gasteiger partial charge in [-0.1, -0.05) is 42.5 Å². The average molecular weight is 148 g/mol. The van der Waals surface area contributed by atoms with Gasteiger partial charge in [0.1, 0.15) is 0 Å². The molecule has 0 saturated heterocycles. The summed E-state index contributed by atoms with van der Waals surface area (Å²) in [5.41, 5.74) is 1.24. The Morgan fingerprint density at radius 3 is 2.00 bits per heavy atom. The third-order valence-corrected chi connectivity index (χ3v) is 1.28. The van der Waals surface area contributed by atoms with Crippen molar-refractivity contribution >= 4 is 0 Å². The van der Waals surface area contributed by atoms with Crippen LogP contribution in [0.15, 0.2) is 48.1 Å². The first-order chi connectivity index (χ1) is 5.35. The Morgan fingerprint density at radius 1 is 0.818 bits per heavy atom. The van der Waals surface area contributed by atoms with Gasteiger partial charge in [-0.05, 0) is 26.3 Å². The maximum Gasteiger partial charge on any atom is -0.0303 e. The van der Waals surface area contributed by atoms with Crippen molar-refractivity contribution in [1.82, 2.24) is 0 Å². The Kier molecular flexibility index (Phi) is 6.40. The Hall–Kier alpha value is -1.04. The van der Waals surface area contributed by atoms with Crippen LogP contribution in [0, 0.1) is 0 Å². The Bertz CT molecular complexity index is 190. The molecule has 60 valence electrons. The van der Waals surface area contributed by atoms with Crippen molar-refractivity contribution in [3.05, 3.63) is 48.1 Å². The number of hydrogen-bond donors (Lipinski definition) is 0. The standard InChI is InChI=1S/C11H16/c1-4-7-8-10-11(6-3)9-5-2/h4-10H,1-3H3/b7-4+,9-5+,10-8-,11-6-. The molecule has 0 spiro atoms. The van der Waals surface area contributed by atoms with Gasteiger partial charge < -0.3 is 0 Å². The van der Waals surface area contributed by atoms with E-state index in [9.17, 15) is 0 Å².